The van der Waals surface area contributed by atoms with Crippen LogP contribution in [-0.2, 0) is 0 Å². The van der Waals surface area contributed by atoms with Crippen molar-refractivity contribution in [2.75, 3.05) is 0 Å². The third-order valence-electron chi connectivity index (χ3n) is 3.67. The minimum absolute atomic E-state index is 0.224. The van der Waals surface area contributed by atoms with Crippen LogP contribution in [0.25, 0.3) is 33.4 Å². The van der Waals surface area contributed by atoms with Crippen LogP contribution in [0, 0.1) is 5.82 Å². The minimum Gasteiger partial charge on any atom is -0.338 e. The highest BCUT2D eigenvalue weighted by molar-refractivity contribution is 5.95. The molecule has 4 rings (SSSR count). The largest absolute Gasteiger partial charge is 0.338 e. The first-order valence-corrected chi connectivity index (χ1v) is 6.96. The minimum atomic E-state index is -0.224. The summed E-state index contributed by atoms with van der Waals surface area (Å²) in [4.78, 5) is 11.8. The highest BCUT2D eigenvalue weighted by Gasteiger charge is 2.11. The summed E-state index contributed by atoms with van der Waals surface area (Å²) >= 11 is 0. The highest BCUT2D eigenvalue weighted by Crippen LogP contribution is 2.29. The molecule has 1 N–H and O–H groups in total. The van der Waals surface area contributed by atoms with Crippen LogP contribution in [0.3, 0.4) is 0 Å². The zero-order valence-corrected chi connectivity index (χ0v) is 11.6. The summed E-state index contributed by atoms with van der Waals surface area (Å²) in [5.74, 6) is 0.494. The van der Waals surface area contributed by atoms with Crippen LogP contribution in [0.1, 0.15) is 0 Å². The van der Waals surface area contributed by atoms with E-state index in [2.05, 4.69) is 15.0 Å². The maximum absolute atomic E-state index is 13.9. The first-order chi connectivity index (χ1) is 10.8. The number of hydrogen-bond acceptors (Lipinski definition) is 2. The zero-order chi connectivity index (χ0) is 14.9. The van der Waals surface area contributed by atoms with Crippen LogP contribution >= 0.6 is 0 Å². The third kappa shape index (κ3) is 2.05. The van der Waals surface area contributed by atoms with Gasteiger partial charge in [0, 0.05) is 28.9 Å². The van der Waals surface area contributed by atoms with Gasteiger partial charge in [-0.05, 0) is 29.7 Å². The normalized spacial score (nSPS) is 11.0. The van der Waals surface area contributed by atoms with Gasteiger partial charge in [-0.15, -0.1) is 0 Å². The second kappa shape index (κ2) is 5.07. The van der Waals surface area contributed by atoms with Gasteiger partial charge >= 0.3 is 0 Å². The molecule has 4 heteroatoms. The number of rotatable bonds is 2. The van der Waals surface area contributed by atoms with E-state index >= 15 is 0 Å². The molecule has 0 atom stereocenters. The number of imidazole rings is 1. The molecule has 2 aromatic carbocycles. The van der Waals surface area contributed by atoms with Gasteiger partial charge in [-0.25, -0.2) is 9.37 Å². The van der Waals surface area contributed by atoms with Gasteiger partial charge in [0.25, 0.3) is 0 Å². The van der Waals surface area contributed by atoms with Gasteiger partial charge in [0.2, 0.25) is 0 Å². The number of nitrogens with one attached hydrogen (secondary N) is 1. The standard InChI is InChI=1S/C18H12FN3/c19-16-8-7-15(13-5-1-2-6-14(13)16)18-21-11-17(22-18)12-4-3-9-20-10-12/h1-11H,(H,21,22). The maximum atomic E-state index is 13.9. The number of aromatic amines is 1. The molecular formula is C18H12FN3. The molecule has 2 aromatic heterocycles. The average Bonchev–Trinajstić information content (AvgIpc) is 3.06. The SMILES string of the molecule is Fc1ccc(-c2ncc(-c3cccnc3)[nH]2)c2ccccc12. The molecule has 0 bridgehead atoms. The predicted molar refractivity (Wildman–Crippen MR) is 84.7 cm³/mol. The Morgan fingerprint density at radius 2 is 1.73 bits per heavy atom. The van der Waals surface area contributed by atoms with E-state index in [1.54, 1.807) is 30.7 Å². The lowest BCUT2D eigenvalue weighted by atomic mass is 10.0. The molecule has 0 radical (unpaired) electrons. The molecule has 0 aliphatic carbocycles. The lowest BCUT2D eigenvalue weighted by molar-refractivity contribution is 0.640. The van der Waals surface area contributed by atoms with Gasteiger partial charge in [0.15, 0.2) is 0 Å². The van der Waals surface area contributed by atoms with Crippen LogP contribution in [0.4, 0.5) is 4.39 Å². The summed E-state index contributed by atoms with van der Waals surface area (Å²) in [5, 5.41) is 1.44. The number of nitrogens with zero attached hydrogens (tertiary/aromatic N) is 2. The summed E-state index contributed by atoms with van der Waals surface area (Å²) < 4.78 is 13.9. The van der Waals surface area contributed by atoms with Crippen molar-refractivity contribution >= 4 is 10.8 Å². The highest BCUT2D eigenvalue weighted by atomic mass is 19.1. The number of halogens is 1. The molecule has 2 heterocycles. The van der Waals surface area contributed by atoms with Crippen molar-refractivity contribution in [2.24, 2.45) is 0 Å². The fourth-order valence-electron chi connectivity index (χ4n) is 2.60. The molecule has 4 aromatic rings. The Morgan fingerprint density at radius 3 is 2.55 bits per heavy atom. The van der Waals surface area contributed by atoms with E-state index in [9.17, 15) is 4.39 Å². The van der Waals surface area contributed by atoms with E-state index in [-0.39, 0.29) is 5.82 Å². The monoisotopic (exact) mass is 289 g/mol. The Kier molecular flexibility index (Phi) is 2.93. The predicted octanol–water partition coefficient (Wildman–Crippen LogP) is 4.43. The van der Waals surface area contributed by atoms with Gasteiger partial charge in [-0.3, -0.25) is 4.98 Å². The molecule has 0 spiro atoms. The van der Waals surface area contributed by atoms with Crippen LogP contribution in [0.2, 0.25) is 0 Å². The summed E-state index contributed by atoms with van der Waals surface area (Å²) in [6, 6.07) is 14.5. The molecule has 22 heavy (non-hydrogen) atoms. The quantitative estimate of drug-likeness (QED) is 0.593. The second-order valence-electron chi connectivity index (χ2n) is 5.03. The lowest BCUT2D eigenvalue weighted by Crippen LogP contribution is -1.87. The van der Waals surface area contributed by atoms with Gasteiger partial charge in [0.05, 0.1) is 11.9 Å². The molecule has 0 aliphatic heterocycles. The average molecular weight is 289 g/mol. The molecule has 106 valence electrons. The van der Waals surface area contributed by atoms with E-state index in [1.807, 2.05) is 30.3 Å². The molecule has 0 unspecified atom stereocenters. The van der Waals surface area contributed by atoms with Crippen LogP contribution < -0.4 is 0 Å². The van der Waals surface area contributed by atoms with Gasteiger partial charge in [-0.2, -0.15) is 0 Å². The molecule has 0 aliphatic rings. The Hall–Kier alpha value is -3.01. The fraction of sp³-hybridized carbons (Fsp3) is 0. The lowest BCUT2D eigenvalue weighted by Gasteiger charge is -2.05. The van der Waals surface area contributed by atoms with Crippen molar-refractivity contribution < 1.29 is 4.39 Å². The molecule has 0 saturated carbocycles. The fourth-order valence-corrected chi connectivity index (χ4v) is 2.60. The Labute approximate surface area is 126 Å². The number of aromatic nitrogens is 3. The van der Waals surface area contributed by atoms with E-state index in [4.69, 9.17) is 0 Å². The number of H-pyrrole nitrogens is 1. The van der Waals surface area contributed by atoms with Gasteiger partial charge < -0.3 is 4.98 Å². The second-order valence-corrected chi connectivity index (χ2v) is 5.03. The van der Waals surface area contributed by atoms with Crippen LogP contribution in [-0.4, -0.2) is 15.0 Å². The van der Waals surface area contributed by atoms with Crippen LogP contribution in [0.15, 0.2) is 67.1 Å². The van der Waals surface area contributed by atoms with Crippen molar-refractivity contribution in [2.45, 2.75) is 0 Å². The Bertz CT molecular complexity index is 945. The van der Waals surface area contributed by atoms with E-state index in [0.717, 1.165) is 28.0 Å². The third-order valence-corrected chi connectivity index (χ3v) is 3.67. The number of fused-ring (bicyclic) bond motifs is 1. The maximum Gasteiger partial charge on any atom is 0.138 e. The summed E-state index contributed by atoms with van der Waals surface area (Å²) in [6.07, 6.45) is 5.28. The molecule has 0 fully saturated rings. The van der Waals surface area contributed by atoms with E-state index in [1.165, 1.54) is 6.07 Å². The van der Waals surface area contributed by atoms with Crippen molar-refractivity contribution in [3.05, 3.63) is 72.9 Å². The number of hydrogen-bond donors (Lipinski definition) is 1. The van der Waals surface area contributed by atoms with E-state index < -0.39 is 0 Å². The van der Waals surface area contributed by atoms with Crippen LogP contribution in [0.5, 0.6) is 0 Å². The summed E-state index contributed by atoms with van der Waals surface area (Å²) in [7, 11) is 0. The van der Waals surface area contributed by atoms with Crippen molar-refractivity contribution in [3.63, 3.8) is 0 Å². The van der Waals surface area contributed by atoms with Gasteiger partial charge in [0.1, 0.15) is 11.6 Å². The summed E-state index contributed by atoms with van der Waals surface area (Å²) in [5.41, 5.74) is 2.73. The molecule has 3 nitrogen and oxygen atoms in total. The molecule has 0 amide bonds. The van der Waals surface area contributed by atoms with Crippen molar-refractivity contribution in [3.8, 4) is 22.6 Å². The van der Waals surface area contributed by atoms with Gasteiger partial charge in [-0.1, -0.05) is 24.3 Å². The number of benzene rings is 2. The molecular weight excluding hydrogens is 277 g/mol. The van der Waals surface area contributed by atoms with E-state index in [0.29, 0.717) is 5.39 Å². The molecule has 0 saturated heterocycles. The van der Waals surface area contributed by atoms with Crippen molar-refractivity contribution in [1.29, 1.82) is 0 Å². The Morgan fingerprint density at radius 1 is 0.864 bits per heavy atom. The first kappa shape index (κ1) is 12.7. The number of pyridine rings is 1. The smallest absolute Gasteiger partial charge is 0.138 e. The Balaban J connectivity index is 1.87. The first-order valence-electron chi connectivity index (χ1n) is 6.96. The van der Waals surface area contributed by atoms with Crippen molar-refractivity contribution in [1.82, 2.24) is 15.0 Å². The zero-order valence-electron chi connectivity index (χ0n) is 11.6. The topological polar surface area (TPSA) is 41.6 Å². The summed E-state index contributed by atoms with van der Waals surface area (Å²) in [6.45, 7) is 0.